The number of hydrogen-bond donors (Lipinski definition) is 1. The number of hydrogen-bond acceptors (Lipinski definition) is 4. The quantitative estimate of drug-likeness (QED) is 0.841. The van der Waals surface area contributed by atoms with Gasteiger partial charge in [0.2, 0.25) is 0 Å². The van der Waals surface area contributed by atoms with Gasteiger partial charge < -0.3 is 10.2 Å². The number of anilines is 1. The van der Waals surface area contributed by atoms with Gasteiger partial charge in [-0.15, -0.1) is 0 Å². The molecule has 0 radical (unpaired) electrons. The van der Waals surface area contributed by atoms with Gasteiger partial charge in [-0.25, -0.2) is 4.98 Å². The van der Waals surface area contributed by atoms with Crippen LogP contribution in [0, 0.1) is 5.41 Å². The van der Waals surface area contributed by atoms with Crippen molar-refractivity contribution >= 4 is 5.82 Å². The van der Waals surface area contributed by atoms with Gasteiger partial charge in [-0.2, -0.15) is 0 Å². The second-order valence-electron chi connectivity index (χ2n) is 5.31. The molecule has 0 aliphatic rings. The molecule has 16 heavy (non-hydrogen) atoms. The van der Waals surface area contributed by atoms with E-state index in [0.29, 0.717) is 0 Å². The highest BCUT2D eigenvalue weighted by Gasteiger charge is 2.14. The van der Waals surface area contributed by atoms with E-state index in [1.165, 1.54) is 0 Å². The lowest BCUT2D eigenvalue weighted by Gasteiger charge is -2.27. The van der Waals surface area contributed by atoms with Crippen molar-refractivity contribution in [3.8, 4) is 0 Å². The van der Waals surface area contributed by atoms with Crippen molar-refractivity contribution in [1.82, 2.24) is 15.3 Å². The maximum atomic E-state index is 4.40. The largest absolute Gasteiger partial charge is 0.358 e. The Labute approximate surface area is 98.1 Å². The zero-order chi connectivity index (χ0) is 12.2. The van der Waals surface area contributed by atoms with Gasteiger partial charge in [0.25, 0.3) is 0 Å². The summed E-state index contributed by atoms with van der Waals surface area (Å²) in [5.74, 6) is 0.926. The van der Waals surface area contributed by atoms with Gasteiger partial charge in [-0.05, 0) is 12.5 Å². The first kappa shape index (κ1) is 12.9. The Morgan fingerprint density at radius 2 is 1.94 bits per heavy atom. The molecule has 0 amide bonds. The molecule has 0 atom stereocenters. The SMILES string of the molecule is CNCc1cnc(N(C)CC(C)(C)C)cn1. The molecule has 1 aromatic heterocycles. The van der Waals surface area contributed by atoms with Crippen LogP contribution in [0.2, 0.25) is 0 Å². The van der Waals surface area contributed by atoms with E-state index < -0.39 is 0 Å². The zero-order valence-corrected chi connectivity index (χ0v) is 10.9. The highest BCUT2D eigenvalue weighted by molar-refractivity contribution is 5.34. The third kappa shape index (κ3) is 4.14. The second kappa shape index (κ2) is 5.25. The van der Waals surface area contributed by atoms with Crippen LogP contribution >= 0.6 is 0 Å². The summed E-state index contributed by atoms with van der Waals surface area (Å²) in [6.45, 7) is 8.37. The Bertz CT molecular complexity index is 313. The molecule has 4 nitrogen and oxygen atoms in total. The molecule has 1 heterocycles. The van der Waals surface area contributed by atoms with Gasteiger partial charge in [0.05, 0.1) is 18.1 Å². The van der Waals surface area contributed by atoms with Crippen molar-refractivity contribution in [1.29, 1.82) is 0 Å². The van der Waals surface area contributed by atoms with Crippen molar-refractivity contribution in [2.75, 3.05) is 25.5 Å². The Morgan fingerprint density at radius 3 is 2.38 bits per heavy atom. The lowest BCUT2D eigenvalue weighted by Crippen LogP contribution is -2.29. The molecule has 0 unspecified atom stereocenters. The summed E-state index contributed by atoms with van der Waals surface area (Å²) in [6, 6.07) is 0. The fourth-order valence-electron chi connectivity index (χ4n) is 1.61. The van der Waals surface area contributed by atoms with Crippen molar-refractivity contribution in [3.05, 3.63) is 18.1 Å². The number of nitrogens with one attached hydrogen (secondary N) is 1. The van der Waals surface area contributed by atoms with E-state index >= 15 is 0 Å². The topological polar surface area (TPSA) is 41.1 Å². The molecular weight excluding hydrogens is 200 g/mol. The van der Waals surface area contributed by atoms with Crippen molar-refractivity contribution in [2.24, 2.45) is 5.41 Å². The molecule has 4 heteroatoms. The minimum atomic E-state index is 0.264. The minimum Gasteiger partial charge on any atom is -0.358 e. The molecule has 1 N–H and O–H groups in total. The summed E-state index contributed by atoms with van der Waals surface area (Å²) < 4.78 is 0. The summed E-state index contributed by atoms with van der Waals surface area (Å²) >= 11 is 0. The highest BCUT2D eigenvalue weighted by Crippen LogP contribution is 2.17. The lowest BCUT2D eigenvalue weighted by molar-refractivity contribution is 0.417. The smallest absolute Gasteiger partial charge is 0.146 e. The monoisotopic (exact) mass is 222 g/mol. The van der Waals surface area contributed by atoms with Crippen LogP contribution in [0.5, 0.6) is 0 Å². The molecule has 1 aromatic rings. The first-order valence-electron chi connectivity index (χ1n) is 5.59. The van der Waals surface area contributed by atoms with Gasteiger partial charge in [-0.1, -0.05) is 20.8 Å². The Hall–Kier alpha value is -1.16. The van der Waals surface area contributed by atoms with E-state index in [1.54, 1.807) is 0 Å². The molecule has 0 aliphatic carbocycles. The van der Waals surface area contributed by atoms with Crippen LogP contribution in [0.4, 0.5) is 5.82 Å². The zero-order valence-electron chi connectivity index (χ0n) is 10.9. The molecule has 0 spiro atoms. The first-order valence-corrected chi connectivity index (χ1v) is 5.59. The van der Waals surface area contributed by atoms with E-state index in [1.807, 2.05) is 26.5 Å². The summed E-state index contributed by atoms with van der Waals surface area (Å²) in [5, 5.41) is 3.05. The van der Waals surface area contributed by atoms with E-state index in [9.17, 15) is 0 Å². The minimum absolute atomic E-state index is 0.264. The predicted molar refractivity (Wildman–Crippen MR) is 67.5 cm³/mol. The van der Waals surface area contributed by atoms with Crippen molar-refractivity contribution in [2.45, 2.75) is 27.3 Å². The Morgan fingerprint density at radius 1 is 1.25 bits per heavy atom. The van der Waals surface area contributed by atoms with Crippen LogP contribution in [0.25, 0.3) is 0 Å². The fourth-order valence-corrected chi connectivity index (χ4v) is 1.61. The van der Waals surface area contributed by atoms with Gasteiger partial charge in [0.1, 0.15) is 5.82 Å². The van der Waals surface area contributed by atoms with E-state index in [4.69, 9.17) is 0 Å². The standard InChI is InChI=1S/C12H22N4/c1-12(2,3)9-16(5)11-8-14-10(6-13-4)7-15-11/h7-8,13H,6,9H2,1-5H3. The number of rotatable bonds is 4. The van der Waals surface area contributed by atoms with Crippen molar-refractivity contribution in [3.63, 3.8) is 0 Å². The molecule has 0 aromatic carbocycles. The Kier molecular flexibility index (Phi) is 4.24. The maximum Gasteiger partial charge on any atom is 0.146 e. The number of nitrogens with zero attached hydrogens (tertiary/aromatic N) is 3. The molecule has 0 saturated heterocycles. The summed E-state index contributed by atoms with van der Waals surface area (Å²) in [5.41, 5.74) is 1.23. The molecule has 0 aliphatic heterocycles. The Balaban J connectivity index is 2.66. The summed E-state index contributed by atoms with van der Waals surface area (Å²) in [4.78, 5) is 10.9. The number of aromatic nitrogens is 2. The first-order chi connectivity index (χ1) is 7.42. The normalized spacial score (nSPS) is 11.6. The highest BCUT2D eigenvalue weighted by atomic mass is 15.2. The fraction of sp³-hybridized carbons (Fsp3) is 0.667. The van der Waals surface area contributed by atoms with Gasteiger partial charge in [0.15, 0.2) is 0 Å². The van der Waals surface area contributed by atoms with Gasteiger partial charge in [0, 0.05) is 20.1 Å². The van der Waals surface area contributed by atoms with Gasteiger partial charge >= 0.3 is 0 Å². The third-order valence-electron chi connectivity index (χ3n) is 2.15. The summed E-state index contributed by atoms with van der Waals surface area (Å²) in [6.07, 6.45) is 3.66. The van der Waals surface area contributed by atoms with Crippen LogP contribution < -0.4 is 10.2 Å². The maximum absolute atomic E-state index is 4.40. The predicted octanol–water partition coefficient (Wildman–Crippen LogP) is 1.68. The molecule has 0 fully saturated rings. The van der Waals surface area contributed by atoms with Crippen molar-refractivity contribution < 1.29 is 0 Å². The summed E-state index contributed by atoms with van der Waals surface area (Å²) in [7, 11) is 3.95. The average Bonchev–Trinajstić information content (AvgIpc) is 2.16. The average molecular weight is 222 g/mol. The van der Waals surface area contributed by atoms with Crippen LogP contribution in [-0.4, -0.2) is 30.6 Å². The third-order valence-corrected chi connectivity index (χ3v) is 2.15. The van der Waals surface area contributed by atoms with Gasteiger partial charge in [-0.3, -0.25) is 4.98 Å². The van der Waals surface area contributed by atoms with Crippen LogP contribution in [0.3, 0.4) is 0 Å². The molecule has 0 saturated carbocycles. The molecule has 90 valence electrons. The van der Waals surface area contributed by atoms with E-state index in [-0.39, 0.29) is 5.41 Å². The molecule has 0 bridgehead atoms. The van der Waals surface area contributed by atoms with Crippen LogP contribution in [-0.2, 0) is 6.54 Å². The lowest BCUT2D eigenvalue weighted by atomic mass is 9.96. The molecular formula is C12H22N4. The van der Waals surface area contributed by atoms with Crippen LogP contribution in [0.15, 0.2) is 12.4 Å². The molecule has 1 rings (SSSR count). The second-order valence-corrected chi connectivity index (χ2v) is 5.31. The van der Waals surface area contributed by atoms with E-state index in [0.717, 1.165) is 24.6 Å². The van der Waals surface area contributed by atoms with E-state index in [2.05, 4.69) is 41.0 Å². The van der Waals surface area contributed by atoms with Crippen LogP contribution in [0.1, 0.15) is 26.5 Å².